The van der Waals surface area contributed by atoms with Crippen molar-refractivity contribution in [3.63, 3.8) is 0 Å². The van der Waals surface area contributed by atoms with Crippen LogP contribution < -0.4 is 5.73 Å². The van der Waals surface area contributed by atoms with Gasteiger partial charge in [0.2, 0.25) is 5.89 Å². The number of hydrogen-bond donors (Lipinski definition) is 1. The van der Waals surface area contributed by atoms with Crippen molar-refractivity contribution in [3.05, 3.63) is 47.6 Å². The third kappa shape index (κ3) is 4.15. The van der Waals surface area contributed by atoms with Crippen LogP contribution in [-0.2, 0) is 17.8 Å². The fourth-order valence-electron chi connectivity index (χ4n) is 1.76. The van der Waals surface area contributed by atoms with Gasteiger partial charge in [0, 0.05) is 6.61 Å². The lowest BCUT2D eigenvalue weighted by atomic mass is 10.1. The summed E-state index contributed by atoms with van der Waals surface area (Å²) in [5.41, 5.74) is 7.30. The van der Waals surface area contributed by atoms with Crippen LogP contribution in [0.25, 0.3) is 0 Å². The lowest BCUT2D eigenvalue weighted by Crippen LogP contribution is -2.12. The molecule has 0 amide bonds. The van der Waals surface area contributed by atoms with Crippen LogP contribution in [0.1, 0.15) is 36.7 Å². The first-order chi connectivity index (χ1) is 9.29. The molecule has 102 valence electrons. The van der Waals surface area contributed by atoms with Crippen molar-refractivity contribution in [1.82, 2.24) is 10.1 Å². The Labute approximate surface area is 112 Å². The maximum Gasteiger partial charge on any atom is 0.243 e. The van der Waals surface area contributed by atoms with Crippen molar-refractivity contribution in [2.75, 3.05) is 6.61 Å². The molecule has 0 bridgehead atoms. The van der Waals surface area contributed by atoms with Crippen LogP contribution in [0.15, 0.2) is 34.9 Å². The van der Waals surface area contributed by atoms with Crippen molar-refractivity contribution in [1.29, 1.82) is 0 Å². The summed E-state index contributed by atoms with van der Waals surface area (Å²) in [5, 5.41) is 3.84. The molecule has 5 nitrogen and oxygen atoms in total. The van der Waals surface area contributed by atoms with E-state index >= 15 is 0 Å². The Balaban J connectivity index is 1.85. The number of benzene rings is 1. The van der Waals surface area contributed by atoms with E-state index in [0.717, 1.165) is 12.8 Å². The van der Waals surface area contributed by atoms with Crippen molar-refractivity contribution >= 4 is 0 Å². The van der Waals surface area contributed by atoms with Gasteiger partial charge in [0.1, 0.15) is 6.61 Å². The third-order valence-corrected chi connectivity index (χ3v) is 2.82. The molecule has 0 saturated carbocycles. The largest absolute Gasteiger partial charge is 0.374 e. The number of aryl methyl sites for hydroxylation is 1. The molecule has 2 N–H and O–H groups in total. The van der Waals surface area contributed by atoms with Crippen LogP contribution in [0.4, 0.5) is 0 Å². The predicted octanol–water partition coefficient (Wildman–Crippen LogP) is 2.24. The number of nitrogens with two attached hydrogens (primary N) is 1. The van der Waals surface area contributed by atoms with E-state index < -0.39 is 0 Å². The van der Waals surface area contributed by atoms with Crippen molar-refractivity contribution in [2.24, 2.45) is 5.73 Å². The Kier molecular flexibility index (Phi) is 5.06. The SMILES string of the molecule is CCOCc1noc(C(N)CCc2ccccc2)n1. The van der Waals surface area contributed by atoms with Gasteiger partial charge in [0.15, 0.2) is 5.82 Å². The Morgan fingerprint density at radius 3 is 2.84 bits per heavy atom. The molecule has 1 aromatic heterocycles. The minimum absolute atomic E-state index is 0.233. The van der Waals surface area contributed by atoms with E-state index in [-0.39, 0.29) is 6.04 Å². The van der Waals surface area contributed by atoms with Gasteiger partial charge in [-0.3, -0.25) is 0 Å². The molecule has 1 atom stereocenters. The summed E-state index contributed by atoms with van der Waals surface area (Å²) in [6.07, 6.45) is 1.67. The monoisotopic (exact) mass is 261 g/mol. The average molecular weight is 261 g/mol. The van der Waals surface area contributed by atoms with E-state index in [0.29, 0.717) is 24.9 Å². The van der Waals surface area contributed by atoms with Gasteiger partial charge < -0.3 is 15.0 Å². The first-order valence-electron chi connectivity index (χ1n) is 6.49. The van der Waals surface area contributed by atoms with E-state index in [1.165, 1.54) is 5.56 Å². The van der Waals surface area contributed by atoms with Crippen LogP contribution in [0.3, 0.4) is 0 Å². The van der Waals surface area contributed by atoms with E-state index in [1.807, 2.05) is 25.1 Å². The summed E-state index contributed by atoms with van der Waals surface area (Å²) in [4.78, 5) is 4.23. The first-order valence-corrected chi connectivity index (χ1v) is 6.49. The fraction of sp³-hybridized carbons (Fsp3) is 0.429. The van der Waals surface area contributed by atoms with Crippen LogP contribution in [-0.4, -0.2) is 16.7 Å². The molecule has 1 heterocycles. The van der Waals surface area contributed by atoms with Gasteiger partial charge >= 0.3 is 0 Å². The van der Waals surface area contributed by atoms with Crippen molar-refractivity contribution in [3.8, 4) is 0 Å². The number of rotatable bonds is 7. The molecule has 2 aromatic rings. The summed E-state index contributed by atoms with van der Waals surface area (Å²) < 4.78 is 10.4. The maximum atomic E-state index is 6.05. The molecule has 0 fully saturated rings. The van der Waals surface area contributed by atoms with E-state index in [9.17, 15) is 0 Å². The summed E-state index contributed by atoms with van der Waals surface area (Å²) in [6.45, 7) is 2.92. The zero-order valence-corrected chi connectivity index (χ0v) is 11.1. The fourth-order valence-corrected chi connectivity index (χ4v) is 1.76. The Hall–Kier alpha value is -1.72. The average Bonchev–Trinajstić information content (AvgIpc) is 2.92. The second-order valence-corrected chi connectivity index (χ2v) is 4.32. The Morgan fingerprint density at radius 2 is 2.11 bits per heavy atom. The van der Waals surface area contributed by atoms with Gasteiger partial charge in [-0.2, -0.15) is 4.98 Å². The molecule has 0 aliphatic carbocycles. The molecule has 0 spiro atoms. The second-order valence-electron chi connectivity index (χ2n) is 4.32. The van der Waals surface area contributed by atoms with E-state index in [1.54, 1.807) is 0 Å². The molecule has 0 saturated heterocycles. The summed E-state index contributed by atoms with van der Waals surface area (Å²) >= 11 is 0. The minimum atomic E-state index is -0.233. The van der Waals surface area contributed by atoms with Gasteiger partial charge in [-0.1, -0.05) is 35.5 Å². The number of hydrogen-bond acceptors (Lipinski definition) is 5. The number of aromatic nitrogens is 2. The predicted molar refractivity (Wildman–Crippen MR) is 71.3 cm³/mol. The second kappa shape index (κ2) is 7.01. The summed E-state index contributed by atoms with van der Waals surface area (Å²) in [7, 11) is 0. The molecule has 2 rings (SSSR count). The van der Waals surface area contributed by atoms with Crippen molar-refractivity contribution in [2.45, 2.75) is 32.4 Å². The van der Waals surface area contributed by atoms with Gasteiger partial charge in [-0.15, -0.1) is 0 Å². The smallest absolute Gasteiger partial charge is 0.243 e. The molecule has 5 heteroatoms. The molecule has 0 radical (unpaired) electrons. The molecule has 1 unspecified atom stereocenters. The first kappa shape index (κ1) is 13.7. The molecule has 1 aromatic carbocycles. The van der Waals surface area contributed by atoms with Gasteiger partial charge in [-0.25, -0.2) is 0 Å². The maximum absolute atomic E-state index is 6.05. The molecule has 19 heavy (non-hydrogen) atoms. The highest BCUT2D eigenvalue weighted by Gasteiger charge is 2.14. The molecular formula is C14H19N3O2. The standard InChI is InChI=1S/C14H19N3O2/c1-2-18-10-13-16-14(19-17-13)12(15)9-8-11-6-4-3-5-7-11/h3-7,12H,2,8-10,15H2,1H3. The highest BCUT2D eigenvalue weighted by atomic mass is 16.5. The van der Waals surface area contributed by atoms with Gasteiger partial charge in [-0.05, 0) is 25.3 Å². The topological polar surface area (TPSA) is 74.2 Å². The summed E-state index contributed by atoms with van der Waals surface area (Å²) in [5.74, 6) is 1.03. The lowest BCUT2D eigenvalue weighted by molar-refractivity contribution is 0.126. The summed E-state index contributed by atoms with van der Waals surface area (Å²) in [6, 6.07) is 9.98. The third-order valence-electron chi connectivity index (χ3n) is 2.82. The van der Waals surface area contributed by atoms with E-state index in [4.69, 9.17) is 15.0 Å². The zero-order valence-electron chi connectivity index (χ0n) is 11.1. The van der Waals surface area contributed by atoms with Gasteiger partial charge in [0.05, 0.1) is 6.04 Å². The van der Waals surface area contributed by atoms with Crippen LogP contribution in [0, 0.1) is 0 Å². The number of ether oxygens (including phenoxy) is 1. The zero-order chi connectivity index (χ0) is 13.5. The highest BCUT2D eigenvalue weighted by molar-refractivity contribution is 5.15. The van der Waals surface area contributed by atoms with Crippen LogP contribution in [0.2, 0.25) is 0 Å². The lowest BCUT2D eigenvalue weighted by Gasteiger charge is -2.06. The minimum Gasteiger partial charge on any atom is -0.374 e. The Bertz CT molecular complexity index is 484. The highest BCUT2D eigenvalue weighted by Crippen LogP contribution is 2.15. The number of nitrogens with zero attached hydrogens (tertiary/aromatic N) is 2. The Morgan fingerprint density at radius 1 is 1.32 bits per heavy atom. The normalized spacial score (nSPS) is 12.5. The van der Waals surface area contributed by atoms with Gasteiger partial charge in [0.25, 0.3) is 0 Å². The van der Waals surface area contributed by atoms with E-state index in [2.05, 4.69) is 22.3 Å². The molecule has 0 aliphatic heterocycles. The quantitative estimate of drug-likeness (QED) is 0.827. The van der Waals surface area contributed by atoms with Crippen molar-refractivity contribution < 1.29 is 9.26 Å². The van der Waals surface area contributed by atoms with Crippen LogP contribution in [0.5, 0.6) is 0 Å². The van der Waals surface area contributed by atoms with Crippen LogP contribution >= 0.6 is 0 Å². The molecular weight excluding hydrogens is 242 g/mol. The molecule has 0 aliphatic rings.